The molecule has 0 heterocycles. The van der Waals surface area contributed by atoms with E-state index in [0.29, 0.717) is 10.0 Å². The molecule has 1 N–H and O–H groups in total. The van der Waals surface area contributed by atoms with Gasteiger partial charge in [0.1, 0.15) is 5.75 Å². The van der Waals surface area contributed by atoms with Gasteiger partial charge in [0, 0.05) is 39.9 Å². The molecular weight excluding hydrogens is 500 g/mol. The molecule has 0 aliphatic carbocycles. The Morgan fingerprint density at radius 1 is 0.879 bits per heavy atom. The average molecular weight is 513 g/mol. The van der Waals surface area contributed by atoms with Crippen LogP contribution in [-0.4, -0.2) is 27.9 Å². The van der Waals surface area contributed by atoms with E-state index in [1.54, 1.807) is 12.1 Å². The Balaban J connectivity index is 1.71. The van der Waals surface area contributed by atoms with Crippen LogP contribution in [0, 0.1) is 20.2 Å². The van der Waals surface area contributed by atoms with Crippen molar-refractivity contribution >= 4 is 45.4 Å². The number of carbonyl (C=O) groups is 2. The second-order valence-corrected chi connectivity index (χ2v) is 7.29. The topological polar surface area (TPSA) is 154 Å². The first-order chi connectivity index (χ1) is 15.7. The number of benzene rings is 3. The first-order valence-electron chi connectivity index (χ1n) is 9.08. The van der Waals surface area contributed by atoms with Crippen LogP contribution in [0.3, 0.4) is 0 Å². The minimum atomic E-state index is -0.739. The fourth-order valence-electron chi connectivity index (χ4n) is 2.55. The maximum Gasteiger partial charge on any atom is 0.343 e. The monoisotopic (exact) mass is 512 g/mol. The molecule has 0 aromatic heterocycles. The Morgan fingerprint density at radius 2 is 1.42 bits per heavy atom. The summed E-state index contributed by atoms with van der Waals surface area (Å²) in [7, 11) is 0. The zero-order chi connectivity index (χ0) is 24.0. The molecule has 0 aliphatic heterocycles. The van der Waals surface area contributed by atoms with Crippen molar-refractivity contribution in [2.75, 3.05) is 0 Å². The van der Waals surface area contributed by atoms with Crippen LogP contribution >= 0.6 is 15.9 Å². The minimum Gasteiger partial charge on any atom is -0.422 e. The molecule has 3 rings (SSSR count). The van der Waals surface area contributed by atoms with Gasteiger partial charge in [-0.05, 0) is 42.5 Å². The van der Waals surface area contributed by atoms with Gasteiger partial charge in [-0.25, -0.2) is 10.2 Å². The predicted octanol–water partition coefficient (Wildman–Crippen LogP) is 4.25. The van der Waals surface area contributed by atoms with Crippen LogP contribution in [0.5, 0.6) is 5.75 Å². The van der Waals surface area contributed by atoms with E-state index >= 15 is 0 Å². The lowest BCUT2D eigenvalue weighted by Crippen LogP contribution is -2.17. The van der Waals surface area contributed by atoms with E-state index in [1.807, 2.05) is 0 Å². The molecule has 3 aromatic carbocycles. The number of nitrogens with zero attached hydrogens (tertiary/aromatic N) is 3. The molecule has 0 unspecified atom stereocenters. The molecule has 166 valence electrons. The van der Waals surface area contributed by atoms with Gasteiger partial charge in [0.15, 0.2) is 0 Å². The van der Waals surface area contributed by atoms with E-state index in [2.05, 4.69) is 26.5 Å². The molecule has 0 spiro atoms. The Kier molecular flexibility index (Phi) is 7.20. The summed E-state index contributed by atoms with van der Waals surface area (Å²) in [5.41, 5.74) is 2.60. The van der Waals surface area contributed by atoms with Crippen LogP contribution in [0.15, 0.2) is 76.3 Å². The van der Waals surface area contributed by atoms with Gasteiger partial charge < -0.3 is 4.74 Å². The summed E-state index contributed by atoms with van der Waals surface area (Å²) in [4.78, 5) is 44.9. The molecular formula is C21H13BrN4O7. The predicted molar refractivity (Wildman–Crippen MR) is 120 cm³/mol. The molecule has 12 heteroatoms. The van der Waals surface area contributed by atoms with Gasteiger partial charge in [0.25, 0.3) is 17.3 Å². The van der Waals surface area contributed by atoms with Crippen molar-refractivity contribution in [1.29, 1.82) is 0 Å². The zero-order valence-corrected chi connectivity index (χ0v) is 18.1. The van der Waals surface area contributed by atoms with Crippen LogP contribution in [-0.2, 0) is 0 Å². The Hall–Kier alpha value is -4.45. The van der Waals surface area contributed by atoms with Crippen LogP contribution in [0.2, 0.25) is 0 Å². The third-order valence-corrected chi connectivity index (χ3v) is 4.69. The van der Waals surface area contributed by atoms with Crippen molar-refractivity contribution in [3.8, 4) is 5.75 Å². The van der Waals surface area contributed by atoms with Crippen molar-refractivity contribution in [3.63, 3.8) is 0 Å². The molecule has 33 heavy (non-hydrogen) atoms. The smallest absolute Gasteiger partial charge is 0.343 e. The summed E-state index contributed by atoms with van der Waals surface area (Å²) < 4.78 is 6.02. The average Bonchev–Trinajstić information content (AvgIpc) is 2.80. The molecule has 0 saturated heterocycles. The second-order valence-electron chi connectivity index (χ2n) is 6.38. The van der Waals surface area contributed by atoms with Crippen LogP contribution in [0.1, 0.15) is 26.3 Å². The normalized spacial score (nSPS) is 10.6. The molecule has 0 atom stereocenters. The lowest BCUT2D eigenvalue weighted by Gasteiger charge is -2.08. The largest absolute Gasteiger partial charge is 0.422 e. The van der Waals surface area contributed by atoms with Crippen molar-refractivity contribution in [3.05, 3.63) is 108 Å². The van der Waals surface area contributed by atoms with Crippen LogP contribution in [0.4, 0.5) is 11.4 Å². The lowest BCUT2D eigenvalue weighted by molar-refractivity contribution is -0.385. The van der Waals surface area contributed by atoms with E-state index in [-0.39, 0.29) is 28.3 Å². The quantitative estimate of drug-likeness (QED) is 0.163. The van der Waals surface area contributed by atoms with Gasteiger partial charge in [-0.15, -0.1) is 0 Å². The van der Waals surface area contributed by atoms with Gasteiger partial charge in [-0.2, -0.15) is 5.10 Å². The summed E-state index contributed by atoms with van der Waals surface area (Å²) >= 11 is 3.30. The van der Waals surface area contributed by atoms with Gasteiger partial charge >= 0.3 is 5.97 Å². The number of hydrogen-bond donors (Lipinski definition) is 1. The highest BCUT2D eigenvalue weighted by Crippen LogP contribution is 2.23. The first kappa shape index (κ1) is 23.2. The van der Waals surface area contributed by atoms with Crippen LogP contribution < -0.4 is 10.2 Å². The van der Waals surface area contributed by atoms with Gasteiger partial charge in [0.05, 0.1) is 21.6 Å². The number of halogens is 1. The fraction of sp³-hybridized carbons (Fsp3) is 0. The Labute approximate surface area is 194 Å². The molecule has 0 aliphatic rings. The Morgan fingerprint density at radius 3 is 1.97 bits per heavy atom. The lowest BCUT2D eigenvalue weighted by atomic mass is 10.2. The number of nitro groups is 2. The third kappa shape index (κ3) is 6.04. The molecule has 1 amide bonds. The Bertz CT molecular complexity index is 1260. The third-order valence-electron chi connectivity index (χ3n) is 4.20. The molecule has 0 fully saturated rings. The zero-order valence-electron chi connectivity index (χ0n) is 16.5. The number of amides is 1. The SMILES string of the molecule is O=C(N/N=C\c1cc(Br)ccc1OC(=O)c1ccc([N+](=O)[O-])cc1)c1ccc([N+](=O)[O-])cc1. The summed E-state index contributed by atoms with van der Waals surface area (Å²) in [6.45, 7) is 0. The number of esters is 1. The molecule has 0 radical (unpaired) electrons. The minimum absolute atomic E-state index is 0.109. The van der Waals surface area contributed by atoms with E-state index in [4.69, 9.17) is 4.74 Å². The molecule has 0 saturated carbocycles. The number of nitro benzene ring substituents is 2. The number of hydrogen-bond acceptors (Lipinski definition) is 8. The summed E-state index contributed by atoms with van der Waals surface area (Å²) in [6, 6.07) is 14.6. The first-order valence-corrected chi connectivity index (χ1v) is 9.88. The van der Waals surface area contributed by atoms with E-state index in [9.17, 15) is 29.8 Å². The maximum atomic E-state index is 12.4. The summed E-state index contributed by atoms with van der Waals surface area (Å²) in [6.07, 6.45) is 1.26. The van der Waals surface area contributed by atoms with Gasteiger partial charge in [-0.3, -0.25) is 25.0 Å². The number of nitrogens with one attached hydrogen (secondary N) is 1. The highest BCUT2D eigenvalue weighted by atomic mass is 79.9. The van der Waals surface area contributed by atoms with Crippen molar-refractivity contribution in [1.82, 2.24) is 5.43 Å². The highest BCUT2D eigenvalue weighted by molar-refractivity contribution is 9.10. The van der Waals surface area contributed by atoms with Crippen molar-refractivity contribution in [2.24, 2.45) is 5.10 Å². The number of rotatable bonds is 7. The van der Waals surface area contributed by atoms with Crippen molar-refractivity contribution < 1.29 is 24.2 Å². The molecule has 11 nitrogen and oxygen atoms in total. The van der Waals surface area contributed by atoms with Gasteiger partial charge in [-0.1, -0.05) is 15.9 Å². The molecule has 0 bridgehead atoms. The van der Waals surface area contributed by atoms with Gasteiger partial charge in [0.2, 0.25) is 0 Å². The highest BCUT2D eigenvalue weighted by Gasteiger charge is 2.14. The van der Waals surface area contributed by atoms with E-state index in [1.165, 1.54) is 60.8 Å². The standard InChI is InChI=1S/C21H13BrN4O7/c22-16-5-10-19(33-21(28)14-3-8-18(9-4-14)26(31)32)15(11-16)12-23-24-20(27)13-1-6-17(7-2-13)25(29)30/h1-12H,(H,24,27)/b23-12-. The van der Waals surface area contributed by atoms with Crippen molar-refractivity contribution in [2.45, 2.75) is 0 Å². The second kappa shape index (κ2) is 10.2. The number of ether oxygens (including phenoxy) is 1. The molecule has 3 aromatic rings. The number of hydrazone groups is 1. The summed E-state index contributed by atoms with van der Waals surface area (Å²) in [5, 5.41) is 25.3. The van der Waals surface area contributed by atoms with Crippen LogP contribution in [0.25, 0.3) is 0 Å². The number of carbonyl (C=O) groups excluding carboxylic acids is 2. The van der Waals surface area contributed by atoms with E-state index < -0.39 is 21.7 Å². The maximum absolute atomic E-state index is 12.4. The summed E-state index contributed by atoms with van der Waals surface area (Å²) in [5.74, 6) is -1.20. The number of non-ortho nitro benzene ring substituents is 2. The van der Waals surface area contributed by atoms with E-state index in [0.717, 1.165) is 0 Å². The fourth-order valence-corrected chi connectivity index (χ4v) is 2.93.